The Balaban J connectivity index is 1.94. The minimum atomic E-state index is 0.651. The van der Waals surface area contributed by atoms with Crippen LogP contribution in [0.2, 0.25) is 10.0 Å². The Hall–Kier alpha value is -0.740. The highest BCUT2D eigenvalue weighted by molar-refractivity contribution is 9.10. The van der Waals surface area contributed by atoms with Crippen LogP contribution in [0.1, 0.15) is 11.1 Å². The van der Waals surface area contributed by atoms with Crippen molar-refractivity contribution in [3.8, 4) is 5.75 Å². The molecule has 0 spiro atoms. The first-order chi connectivity index (χ1) is 9.60. The molecule has 0 saturated heterocycles. The second kappa shape index (κ2) is 7.32. The van der Waals surface area contributed by atoms with Gasteiger partial charge in [0.15, 0.2) is 0 Å². The third-order valence-corrected chi connectivity index (χ3v) is 4.08. The van der Waals surface area contributed by atoms with Crippen molar-refractivity contribution >= 4 is 39.1 Å². The fourth-order valence-corrected chi connectivity index (χ4v) is 2.89. The van der Waals surface area contributed by atoms with E-state index in [-0.39, 0.29) is 0 Å². The Morgan fingerprint density at radius 2 is 1.90 bits per heavy atom. The van der Waals surface area contributed by atoms with Crippen LogP contribution in [0, 0.1) is 0 Å². The van der Waals surface area contributed by atoms with Gasteiger partial charge in [0.2, 0.25) is 0 Å². The molecule has 0 unspecified atom stereocenters. The van der Waals surface area contributed by atoms with E-state index in [2.05, 4.69) is 21.2 Å². The van der Waals surface area contributed by atoms with E-state index in [1.165, 1.54) is 5.56 Å². The SMILES string of the molecule is COc1ccc(CNCc2ccc(Cl)cc2Cl)cc1Br. The molecule has 0 atom stereocenters. The Morgan fingerprint density at radius 3 is 2.55 bits per heavy atom. The number of ether oxygens (including phenoxy) is 1. The zero-order valence-electron chi connectivity index (χ0n) is 10.9. The van der Waals surface area contributed by atoms with Gasteiger partial charge in [-0.15, -0.1) is 0 Å². The van der Waals surface area contributed by atoms with Crippen LogP contribution >= 0.6 is 39.1 Å². The van der Waals surface area contributed by atoms with Crippen LogP contribution in [0.15, 0.2) is 40.9 Å². The molecule has 0 bridgehead atoms. The molecule has 0 radical (unpaired) electrons. The summed E-state index contributed by atoms with van der Waals surface area (Å²) in [7, 11) is 1.65. The summed E-state index contributed by atoms with van der Waals surface area (Å²) < 4.78 is 6.15. The second-order valence-corrected chi connectivity index (χ2v) is 6.01. The van der Waals surface area contributed by atoms with Gasteiger partial charge in [-0.1, -0.05) is 35.3 Å². The van der Waals surface area contributed by atoms with Crippen LogP contribution in [-0.2, 0) is 13.1 Å². The van der Waals surface area contributed by atoms with E-state index >= 15 is 0 Å². The summed E-state index contributed by atoms with van der Waals surface area (Å²) in [5.74, 6) is 0.828. The zero-order valence-corrected chi connectivity index (χ0v) is 14.0. The summed E-state index contributed by atoms with van der Waals surface area (Å²) in [6.45, 7) is 1.45. The average molecular weight is 375 g/mol. The molecular formula is C15H14BrCl2NO. The van der Waals surface area contributed by atoms with Crippen molar-refractivity contribution in [2.75, 3.05) is 7.11 Å². The summed E-state index contributed by atoms with van der Waals surface area (Å²) in [5.41, 5.74) is 2.20. The lowest BCUT2D eigenvalue weighted by Crippen LogP contribution is -2.13. The summed E-state index contributed by atoms with van der Waals surface area (Å²) in [6, 6.07) is 11.5. The van der Waals surface area contributed by atoms with Crippen LogP contribution in [0.4, 0.5) is 0 Å². The van der Waals surface area contributed by atoms with Gasteiger partial charge in [0.05, 0.1) is 11.6 Å². The predicted molar refractivity (Wildman–Crippen MR) is 87.7 cm³/mol. The molecule has 0 aromatic heterocycles. The molecule has 2 nitrogen and oxygen atoms in total. The Morgan fingerprint density at radius 1 is 1.10 bits per heavy atom. The topological polar surface area (TPSA) is 21.3 Å². The van der Waals surface area contributed by atoms with Crippen LogP contribution in [0.5, 0.6) is 5.75 Å². The van der Waals surface area contributed by atoms with Gasteiger partial charge in [-0.05, 0) is 51.3 Å². The third kappa shape index (κ3) is 4.13. The number of methoxy groups -OCH3 is 1. The quantitative estimate of drug-likeness (QED) is 0.790. The number of halogens is 3. The molecule has 0 aliphatic carbocycles. The van der Waals surface area contributed by atoms with Crippen molar-refractivity contribution in [2.45, 2.75) is 13.1 Å². The second-order valence-electron chi connectivity index (χ2n) is 4.31. The molecule has 20 heavy (non-hydrogen) atoms. The highest BCUT2D eigenvalue weighted by Crippen LogP contribution is 2.25. The van der Waals surface area contributed by atoms with E-state index in [1.807, 2.05) is 30.3 Å². The summed E-state index contributed by atoms with van der Waals surface area (Å²) in [4.78, 5) is 0. The van der Waals surface area contributed by atoms with Gasteiger partial charge in [-0.25, -0.2) is 0 Å². The number of rotatable bonds is 5. The number of hydrogen-bond donors (Lipinski definition) is 1. The Kier molecular flexibility index (Phi) is 5.73. The fraction of sp³-hybridized carbons (Fsp3) is 0.200. The van der Waals surface area contributed by atoms with Crippen LogP contribution in [0.3, 0.4) is 0 Å². The lowest BCUT2D eigenvalue weighted by atomic mass is 10.2. The van der Waals surface area contributed by atoms with Crippen molar-refractivity contribution < 1.29 is 4.74 Å². The molecule has 0 heterocycles. The van der Waals surface area contributed by atoms with Gasteiger partial charge in [0.25, 0.3) is 0 Å². The molecule has 0 aliphatic heterocycles. The molecule has 5 heteroatoms. The first kappa shape index (κ1) is 15.6. The number of benzene rings is 2. The standard InChI is InChI=1S/C15H14BrCl2NO/c1-20-15-5-2-10(6-13(15)16)8-19-9-11-3-4-12(17)7-14(11)18/h2-7,19H,8-9H2,1H3. The molecule has 0 amide bonds. The van der Waals surface area contributed by atoms with E-state index in [1.54, 1.807) is 13.2 Å². The van der Waals surface area contributed by atoms with Crippen molar-refractivity contribution in [1.29, 1.82) is 0 Å². The lowest BCUT2D eigenvalue weighted by Gasteiger charge is -2.09. The van der Waals surface area contributed by atoms with Gasteiger partial charge < -0.3 is 10.1 Å². The van der Waals surface area contributed by atoms with E-state index in [0.29, 0.717) is 16.6 Å². The summed E-state index contributed by atoms with van der Waals surface area (Å²) in [5, 5.41) is 4.69. The van der Waals surface area contributed by atoms with E-state index in [4.69, 9.17) is 27.9 Å². The highest BCUT2D eigenvalue weighted by Gasteiger charge is 2.03. The summed E-state index contributed by atoms with van der Waals surface area (Å²) in [6.07, 6.45) is 0. The molecule has 1 N–H and O–H groups in total. The van der Waals surface area contributed by atoms with E-state index in [9.17, 15) is 0 Å². The number of nitrogens with one attached hydrogen (secondary N) is 1. The molecular weight excluding hydrogens is 361 g/mol. The van der Waals surface area contributed by atoms with Crippen molar-refractivity contribution in [2.24, 2.45) is 0 Å². The van der Waals surface area contributed by atoms with Gasteiger partial charge in [0.1, 0.15) is 5.75 Å². The Labute approximate surface area is 137 Å². The zero-order chi connectivity index (χ0) is 14.5. The maximum Gasteiger partial charge on any atom is 0.133 e. The molecule has 2 aromatic carbocycles. The van der Waals surface area contributed by atoms with E-state index in [0.717, 1.165) is 22.3 Å². The van der Waals surface area contributed by atoms with Crippen LogP contribution in [-0.4, -0.2) is 7.11 Å². The van der Waals surface area contributed by atoms with Gasteiger partial charge in [-0.2, -0.15) is 0 Å². The molecule has 2 aromatic rings. The fourth-order valence-electron chi connectivity index (χ4n) is 1.83. The van der Waals surface area contributed by atoms with Crippen LogP contribution in [0.25, 0.3) is 0 Å². The van der Waals surface area contributed by atoms with Crippen molar-refractivity contribution in [3.63, 3.8) is 0 Å². The minimum Gasteiger partial charge on any atom is -0.496 e. The normalized spacial score (nSPS) is 10.6. The van der Waals surface area contributed by atoms with Gasteiger partial charge in [-0.3, -0.25) is 0 Å². The molecule has 0 fully saturated rings. The van der Waals surface area contributed by atoms with Crippen molar-refractivity contribution in [3.05, 3.63) is 62.0 Å². The largest absolute Gasteiger partial charge is 0.496 e. The molecule has 106 valence electrons. The third-order valence-electron chi connectivity index (χ3n) is 2.88. The maximum absolute atomic E-state index is 6.13. The predicted octanol–water partition coefficient (Wildman–Crippen LogP) is 5.05. The minimum absolute atomic E-state index is 0.651. The first-order valence-corrected chi connectivity index (χ1v) is 7.62. The maximum atomic E-state index is 6.13. The van der Waals surface area contributed by atoms with Gasteiger partial charge >= 0.3 is 0 Å². The lowest BCUT2D eigenvalue weighted by molar-refractivity contribution is 0.412. The van der Waals surface area contributed by atoms with Crippen LogP contribution < -0.4 is 10.1 Å². The molecule has 0 saturated carbocycles. The highest BCUT2D eigenvalue weighted by atomic mass is 79.9. The summed E-state index contributed by atoms with van der Waals surface area (Å²) >= 11 is 15.5. The molecule has 0 aliphatic rings. The monoisotopic (exact) mass is 373 g/mol. The molecule has 2 rings (SSSR count). The first-order valence-electron chi connectivity index (χ1n) is 6.07. The smallest absolute Gasteiger partial charge is 0.133 e. The average Bonchev–Trinajstić information content (AvgIpc) is 2.41. The number of hydrogen-bond acceptors (Lipinski definition) is 2. The van der Waals surface area contributed by atoms with E-state index < -0.39 is 0 Å². The van der Waals surface area contributed by atoms with Gasteiger partial charge in [0, 0.05) is 23.1 Å². The van der Waals surface area contributed by atoms with Crippen molar-refractivity contribution in [1.82, 2.24) is 5.32 Å². The Bertz CT molecular complexity index is 604.